The van der Waals surface area contributed by atoms with E-state index in [0.29, 0.717) is 5.92 Å². The van der Waals surface area contributed by atoms with Gasteiger partial charge in [-0.15, -0.1) is 0 Å². The zero-order chi connectivity index (χ0) is 41.6. The number of para-hydroxylation sites is 3. The molecule has 12 rings (SSSR count). The van der Waals surface area contributed by atoms with Crippen LogP contribution in [0.3, 0.4) is 0 Å². The topological polar surface area (TPSA) is 13.1 Å². The highest BCUT2D eigenvalue weighted by atomic mass is 15.2. The lowest BCUT2D eigenvalue weighted by Crippen LogP contribution is -2.20. The second-order valence-corrected chi connectivity index (χ2v) is 17.8. The van der Waals surface area contributed by atoms with Gasteiger partial charge in [-0.25, -0.2) is 0 Å². The zero-order valence-electron chi connectivity index (χ0n) is 35.8. The quantitative estimate of drug-likeness (QED) is 0.163. The van der Waals surface area contributed by atoms with Crippen molar-refractivity contribution in [1.82, 2.24) is 9.13 Å². The Kier molecular flexibility index (Phi) is 8.44. The molecule has 0 amide bonds. The van der Waals surface area contributed by atoms with Crippen molar-refractivity contribution in [1.29, 1.82) is 0 Å². The highest BCUT2D eigenvalue weighted by Gasteiger charge is 2.40. The van der Waals surface area contributed by atoms with Gasteiger partial charge in [-0.05, 0) is 138 Å². The number of anilines is 2. The molecule has 1 aliphatic heterocycles. The van der Waals surface area contributed by atoms with Crippen LogP contribution in [0.2, 0.25) is 0 Å². The minimum absolute atomic E-state index is 0.256. The van der Waals surface area contributed by atoms with E-state index in [1.165, 1.54) is 111 Å². The maximum atomic E-state index is 2.51. The van der Waals surface area contributed by atoms with Crippen LogP contribution in [-0.2, 0) is 6.42 Å². The monoisotopic (exact) mass is 799 g/mol. The third kappa shape index (κ3) is 5.57. The summed E-state index contributed by atoms with van der Waals surface area (Å²) in [6.45, 7) is 9.20. The molecule has 62 heavy (non-hydrogen) atoms. The van der Waals surface area contributed by atoms with Gasteiger partial charge < -0.3 is 14.0 Å². The van der Waals surface area contributed by atoms with E-state index >= 15 is 0 Å². The van der Waals surface area contributed by atoms with Crippen molar-refractivity contribution in [3.8, 4) is 11.4 Å². The van der Waals surface area contributed by atoms with Crippen LogP contribution in [0, 0.1) is 12.8 Å². The fourth-order valence-corrected chi connectivity index (χ4v) is 11.1. The summed E-state index contributed by atoms with van der Waals surface area (Å²) in [7, 11) is 0. The molecule has 2 aromatic heterocycles. The molecule has 3 nitrogen and oxygen atoms in total. The minimum atomic E-state index is 0.256. The van der Waals surface area contributed by atoms with Crippen molar-refractivity contribution in [3.63, 3.8) is 0 Å². The van der Waals surface area contributed by atoms with E-state index in [0.717, 1.165) is 12.8 Å². The van der Waals surface area contributed by atoms with Crippen LogP contribution < -0.4 is 4.90 Å². The van der Waals surface area contributed by atoms with Gasteiger partial charge in [0, 0.05) is 67.7 Å². The van der Waals surface area contributed by atoms with E-state index in [1.54, 1.807) is 0 Å². The average molecular weight is 800 g/mol. The maximum Gasteiger partial charge on any atom is 0.0541 e. The van der Waals surface area contributed by atoms with Gasteiger partial charge in [0.25, 0.3) is 0 Å². The number of hydrogen-bond acceptors (Lipinski definition) is 1. The van der Waals surface area contributed by atoms with E-state index < -0.39 is 0 Å². The predicted molar refractivity (Wildman–Crippen MR) is 262 cm³/mol. The number of nitrogens with zero attached hydrogens (tertiary/aromatic N) is 3. The van der Waals surface area contributed by atoms with Crippen LogP contribution in [0.25, 0.3) is 61.3 Å². The van der Waals surface area contributed by atoms with Crippen molar-refractivity contribution >= 4 is 61.3 Å². The molecule has 0 N–H and O–H groups in total. The molecule has 2 aliphatic carbocycles. The Morgan fingerprint density at radius 1 is 0.565 bits per heavy atom. The average Bonchev–Trinajstić information content (AvgIpc) is 3.96. The normalized spacial score (nSPS) is 18.1. The maximum absolute atomic E-state index is 2.51. The number of benzene rings is 7. The molecule has 9 aromatic rings. The van der Waals surface area contributed by atoms with Gasteiger partial charge in [-0.2, -0.15) is 0 Å². The van der Waals surface area contributed by atoms with Crippen molar-refractivity contribution in [2.24, 2.45) is 5.92 Å². The Labute approximate surface area is 364 Å². The molecule has 3 aliphatic rings. The van der Waals surface area contributed by atoms with Gasteiger partial charge in [0.1, 0.15) is 0 Å². The van der Waals surface area contributed by atoms with Crippen molar-refractivity contribution in [2.45, 2.75) is 52.4 Å². The van der Waals surface area contributed by atoms with Crippen LogP contribution >= 0.6 is 0 Å². The molecule has 3 heteroatoms. The standard InChI is InChI=1S/C59H49N3/c1-5-40-20-27-46(28-21-40)62-54-16-10-7-13-49(54)52-36-43(34-38(3)59(52)62)41-22-29-45(30-23-41)61-55-17-11-8-14-50(55)58-39(4)47(31-33-57(58)61)42-24-32-56-51(35-42)48-12-6-9-15-53(48)60(56)44-25-18-37(2)19-26-44/h6-33,35-36,38-39,58H,5,34H2,1-4H3. The lowest BCUT2D eigenvalue weighted by atomic mass is 9.76. The molecule has 0 bridgehead atoms. The van der Waals surface area contributed by atoms with Gasteiger partial charge in [0.15, 0.2) is 0 Å². The van der Waals surface area contributed by atoms with Crippen LogP contribution in [0.15, 0.2) is 182 Å². The third-order valence-corrected chi connectivity index (χ3v) is 14.2. The van der Waals surface area contributed by atoms with E-state index in [1.807, 2.05) is 0 Å². The first kappa shape index (κ1) is 36.7. The summed E-state index contributed by atoms with van der Waals surface area (Å²) in [6, 6.07) is 61.4. The largest absolute Gasteiger partial charge is 0.313 e. The summed E-state index contributed by atoms with van der Waals surface area (Å²) in [4.78, 5) is 2.51. The fourth-order valence-electron chi connectivity index (χ4n) is 11.1. The van der Waals surface area contributed by atoms with Crippen molar-refractivity contribution < 1.29 is 0 Å². The lowest BCUT2D eigenvalue weighted by molar-refractivity contribution is 0.636. The van der Waals surface area contributed by atoms with E-state index in [9.17, 15) is 0 Å². The van der Waals surface area contributed by atoms with Gasteiger partial charge in [-0.3, -0.25) is 0 Å². The number of hydrogen-bond donors (Lipinski definition) is 0. The van der Waals surface area contributed by atoms with Crippen molar-refractivity contribution in [2.75, 3.05) is 4.90 Å². The highest BCUT2D eigenvalue weighted by molar-refractivity contribution is 6.10. The van der Waals surface area contributed by atoms with Crippen LogP contribution in [0.1, 0.15) is 78.1 Å². The smallest absolute Gasteiger partial charge is 0.0541 e. The number of fused-ring (bicyclic) bond motifs is 9. The Bertz CT molecular complexity index is 3330. The zero-order valence-corrected chi connectivity index (χ0v) is 35.8. The molecule has 0 saturated carbocycles. The molecular weight excluding hydrogens is 751 g/mol. The molecule has 0 saturated heterocycles. The molecule has 7 aromatic carbocycles. The van der Waals surface area contributed by atoms with Gasteiger partial charge >= 0.3 is 0 Å². The molecule has 0 spiro atoms. The Morgan fingerprint density at radius 3 is 1.97 bits per heavy atom. The lowest BCUT2D eigenvalue weighted by Gasteiger charge is -2.31. The van der Waals surface area contributed by atoms with E-state index in [2.05, 4.69) is 224 Å². The van der Waals surface area contributed by atoms with E-state index in [4.69, 9.17) is 0 Å². The number of aromatic nitrogens is 2. The summed E-state index contributed by atoms with van der Waals surface area (Å²) in [6.07, 6.45) is 9.31. The van der Waals surface area contributed by atoms with Crippen LogP contribution in [0.4, 0.5) is 11.4 Å². The second kappa shape index (κ2) is 14.2. The fraction of sp³-hybridized carbons (Fsp3) is 0.153. The number of aryl methyl sites for hydroxylation is 2. The summed E-state index contributed by atoms with van der Waals surface area (Å²) in [5.41, 5.74) is 22.2. The minimum Gasteiger partial charge on any atom is -0.313 e. The van der Waals surface area contributed by atoms with Gasteiger partial charge in [0.2, 0.25) is 0 Å². The Morgan fingerprint density at radius 2 is 1.19 bits per heavy atom. The second-order valence-electron chi connectivity index (χ2n) is 17.8. The van der Waals surface area contributed by atoms with Crippen LogP contribution in [-0.4, -0.2) is 9.13 Å². The molecule has 3 atom stereocenters. The van der Waals surface area contributed by atoms with Crippen molar-refractivity contribution in [3.05, 3.63) is 221 Å². The molecule has 3 heterocycles. The van der Waals surface area contributed by atoms with Crippen LogP contribution in [0.5, 0.6) is 0 Å². The van der Waals surface area contributed by atoms with Gasteiger partial charge in [0.05, 0.1) is 16.6 Å². The number of rotatable bonds is 6. The first-order valence-electron chi connectivity index (χ1n) is 22.4. The Balaban J connectivity index is 0.904. The summed E-state index contributed by atoms with van der Waals surface area (Å²) >= 11 is 0. The molecule has 300 valence electrons. The molecule has 0 radical (unpaired) electrons. The summed E-state index contributed by atoms with van der Waals surface area (Å²) in [5, 5.41) is 3.90. The summed E-state index contributed by atoms with van der Waals surface area (Å²) < 4.78 is 4.92. The van der Waals surface area contributed by atoms with E-state index in [-0.39, 0.29) is 11.8 Å². The molecule has 3 unspecified atom stereocenters. The first-order valence-corrected chi connectivity index (χ1v) is 22.4. The SMILES string of the molecule is CCc1ccc(-n2c3c(c4ccccc42)C=C(c2ccc(N4C5=CC=C(c6ccc7c(c6)c6ccccc6n7-c6ccc(C)cc6)C(C)C5c5ccccc54)cc2)CC3C)cc1. The van der Waals surface area contributed by atoms with Gasteiger partial charge in [-0.1, -0.05) is 129 Å². The first-order chi connectivity index (χ1) is 30.4. The predicted octanol–water partition coefficient (Wildman–Crippen LogP) is 15.5. The highest BCUT2D eigenvalue weighted by Crippen LogP contribution is 2.55. The molecular formula is C59H49N3. The Hall–Kier alpha value is -7.10. The third-order valence-electron chi connectivity index (χ3n) is 14.2. The number of allylic oxidation sites excluding steroid dienone is 5. The molecule has 0 fully saturated rings. The summed E-state index contributed by atoms with van der Waals surface area (Å²) in [5.74, 6) is 0.918.